The Labute approximate surface area is 341 Å². The van der Waals surface area contributed by atoms with Crippen molar-refractivity contribution in [2.45, 2.75) is 146 Å². The molecule has 314 valence electrons. The molecule has 5 fully saturated rings. The zero-order valence-electron chi connectivity index (χ0n) is 33.8. The number of amides is 3. The summed E-state index contributed by atoms with van der Waals surface area (Å²) in [7, 11) is -3.86. The number of hydrogen-bond donors (Lipinski definition) is 2. The zero-order chi connectivity index (χ0) is 40.6. The second-order valence-corrected chi connectivity index (χ2v) is 19.4. The van der Waals surface area contributed by atoms with Crippen LogP contribution in [0.4, 0.5) is 0 Å². The van der Waals surface area contributed by atoms with Crippen LogP contribution in [0, 0.1) is 23.7 Å². The van der Waals surface area contributed by atoms with Crippen LogP contribution in [0.15, 0.2) is 36.4 Å². The number of nitrogens with one attached hydrogen (secondary N) is 2. The third-order valence-corrected chi connectivity index (χ3v) is 15.4. The summed E-state index contributed by atoms with van der Waals surface area (Å²) in [6, 6.07) is 6.69. The van der Waals surface area contributed by atoms with Gasteiger partial charge in [0, 0.05) is 11.8 Å². The fourth-order valence-electron chi connectivity index (χ4n) is 10.2. The Morgan fingerprint density at radius 1 is 0.966 bits per heavy atom. The number of nitrogens with zero attached hydrogens (tertiary/aromatic N) is 2. The quantitative estimate of drug-likeness (QED) is 0.237. The Morgan fingerprint density at radius 3 is 2.48 bits per heavy atom. The van der Waals surface area contributed by atoms with E-state index in [2.05, 4.69) is 22.2 Å². The van der Waals surface area contributed by atoms with Crippen molar-refractivity contribution in [3.8, 4) is 11.6 Å². The lowest BCUT2D eigenvalue weighted by atomic mass is 9.86. The highest BCUT2D eigenvalue weighted by molar-refractivity contribution is 7.91. The van der Waals surface area contributed by atoms with E-state index in [1.165, 1.54) is 4.90 Å². The molecule has 1 saturated heterocycles. The van der Waals surface area contributed by atoms with Gasteiger partial charge in [-0.3, -0.25) is 23.9 Å². The summed E-state index contributed by atoms with van der Waals surface area (Å²) in [6.07, 6.45) is 13.7. The number of esters is 1. The largest absolute Gasteiger partial charge is 0.493 e. The predicted octanol–water partition coefficient (Wildman–Crippen LogP) is 5.68. The van der Waals surface area contributed by atoms with E-state index in [1.54, 1.807) is 0 Å². The smallest absolute Gasteiger partial charge is 0.306 e. The summed E-state index contributed by atoms with van der Waals surface area (Å²) in [5.41, 5.74) is 0.0551. The van der Waals surface area contributed by atoms with E-state index in [1.807, 2.05) is 38.1 Å². The molecule has 4 saturated carbocycles. The molecule has 2 N–H and O–H groups in total. The molecule has 4 aliphatic carbocycles. The molecule has 13 nitrogen and oxygen atoms in total. The number of carbonyl (C=O) groups excluding carboxylic acids is 4. The molecule has 0 unspecified atom stereocenters. The standard InChI is InChI=1S/C44H58N4O9S/c1-3-29-25-44(29,43(52)47-58(53,54)31-21-22-31)46-40(50)36-23-30-26-48(36)42(51)34(27-13-8-9-14-27)24-38(49)57-37-20-12-16-28(37)15-6-5-7-18-33-39(55-4-2)32-17-10-11-19-35(32)45-41(33)56-30/h5,7,10-11,17,19,27-31,34,36-37H,3-4,6,8-9,12-16,18,20-26H2,1-2H3,(H,46,50)(H,47,52)/b7-5+/t28-,29-,30-,34+,36+,37-,44-/m1/s1. The average molecular weight is 819 g/mol. The lowest BCUT2D eigenvalue weighted by Gasteiger charge is -2.32. The number of hydrogen-bond acceptors (Lipinski definition) is 10. The van der Waals surface area contributed by atoms with Gasteiger partial charge in [-0.05, 0) is 107 Å². The molecule has 3 amide bonds. The second-order valence-electron chi connectivity index (χ2n) is 17.4. The topological polar surface area (TPSA) is 170 Å². The van der Waals surface area contributed by atoms with Crippen LogP contribution in [-0.4, -0.2) is 84.2 Å². The minimum Gasteiger partial charge on any atom is -0.493 e. The lowest BCUT2D eigenvalue weighted by Crippen LogP contribution is -2.57. The highest BCUT2D eigenvalue weighted by Crippen LogP contribution is 2.47. The van der Waals surface area contributed by atoms with Crippen molar-refractivity contribution in [2.75, 3.05) is 13.2 Å². The van der Waals surface area contributed by atoms with Crippen LogP contribution < -0.4 is 19.5 Å². The van der Waals surface area contributed by atoms with Gasteiger partial charge in [0.05, 0.1) is 41.8 Å². The molecule has 2 aliphatic heterocycles. The zero-order valence-corrected chi connectivity index (χ0v) is 34.6. The number of rotatable bonds is 9. The molecule has 7 atom stereocenters. The maximum absolute atomic E-state index is 15.0. The van der Waals surface area contributed by atoms with Crippen molar-refractivity contribution in [1.29, 1.82) is 0 Å². The van der Waals surface area contributed by atoms with Gasteiger partial charge >= 0.3 is 5.97 Å². The van der Waals surface area contributed by atoms with Crippen LogP contribution >= 0.6 is 0 Å². The number of allylic oxidation sites excluding steroid dienone is 2. The average Bonchev–Trinajstić information content (AvgIpc) is 3.99. The molecule has 2 aromatic rings. The number of benzene rings is 1. The van der Waals surface area contributed by atoms with Crippen LogP contribution in [0.25, 0.3) is 10.9 Å². The third-order valence-electron chi connectivity index (χ3n) is 13.6. The molecule has 8 rings (SSSR count). The minimum atomic E-state index is -3.86. The highest BCUT2D eigenvalue weighted by atomic mass is 32.2. The Balaban J connectivity index is 1.15. The SMILES string of the molecule is CCOc1c2c(nc3ccccc13)O[C@@H]1C[C@@H](C(=O)N[C@]3(C(=O)NS(=O)(=O)C4CC4)C[C@H]3CC)N(C1)C(=O)[C@H](C1CCCC1)CC(=O)O[C@@H]1CCC[C@H]1CC/C=C/C2. The summed E-state index contributed by atoms with van der Waals surface area (Å²) in [6.45, 7) is 4.32. The first kappa shape index (κ1) is 40.6. The van der Waals surface area contributed by atoms with E-state index in [-0.39, 0.29) is 55.1 Å². The summed E-state index contributed by atoms with van der Waals surface area (Å²) in [5, 5.41) is 3.22. The number of aromatic nitrogens is 1. The first-order valence-electron chi connectivity index (χ1n) is 21.7. The molecular weight excluding hydrogens is 761 g/mol. The van der Waals surface area contributed by atoms with E-state index in [9.17, 15) is 22.8 Å². The first-order chi connectivity index (χ1) is 28.0. The lowest BCUT2D eigenvalue weighted by molar-refractivity contribution is -0.156. The van der Waals surface area contributed by atoms with Crippen LogP contribution in [0.2, 0.25) is 0 Å². The van der Waals surface area contributed by atoms with Gasteiger partial charge in [0.1, 0.15) is 29.5 Å². The fourth-order valence-corrected chi connectivity index (χ4v) is 11.5. The van der Waals surface area contributed by atoms with E-state index in [4.69, 9.17) is 19.2 Å². The van der Waals surface area contributed by atoms with Gasteiger partial charge in [-0.2, -0.15) is 0 Å². The predicted molar refractivity (Wildman–Crippen MR) is 216 cm³/mol. The summed E-state index contributed by atoms with van der Waals surface area (Å²) in [4.78, 5) is 63.6. The molecule has 58 heavy (non-hydrogen) atoms. The normalized spacial score (nSPS) is 31.3. The van der Waals surface area contributed by atoms with Gasteiger partial charge < -0.3 is 24.4 Å². The highest BCUT2D eigenvalue weighted by Gasteiger charge is 2.62. The van der Waals surface area contributed by atoms with E-state index < -0.39 is 50.7 Å². The summed E-state index contributed by atoms with van der Waals surface area (Å²) >= 11 is 0. The van der Waals surface area contributed by atoms with Crippen LogP contribution in [-0.2, 0) is 40.4 Å². The van der Waals surface area contributed by atoms with E-state index in [0.717, 1.165) is 68.7 Å². The number of carbonyl (C=O) groups is 4. The monoisotopic (exact) mass is 818 g/mol. The van der Waals surface area contributed by atoms with Crippen LogP contribution in [0.1, 0.15) is 116 Å². The van der Waals surface area contributed by atoms with Gasteiger partial charge in [0.2, 0.25) is 27.7 Å². The third kappa shape index (κ3) is 8.31. The molecule has 1 aromatic carbocycles. The molecule has 2 bridgehead atoms. The molecule has 0 radical (unpaired) electrons. The number of fused-ring (bicyclic) bond motifs is 5. The van der Waals surface area contributed by atoms with Crippen molar-refractivity contribution in [2.24, 2.45) is 23.7 Å². The molecule has 0 spiro atoms. The van der Waals surface area contributed by atoms with Crippen molar-refractivity contribution >= 4 is 44.6 Å². The fraction of sp³-hybridized carbons (Fsp3) is 0.659. The molecule has 1 aromatic heterocycles. The number of para-hydroxylation sites is 1. The van der Waals surface area contributed by atoms with E-state index >= 15 is 4.79 Å². The Hall–Kier alpha value is -4.20. The van der Waals surface area contributed by atoms with E-state index in [0.29, 0.717) is 55.9 Å². The van der Waals surface area contributed by atoms with Gasteiger partial charge in [0.25, 0.3) is 5.91 Å². The molecule has 14 heteroatoms. The Bertz CT molecular complexity index is 2050. The van der Waals surface area contributed by atoms with Crippen molar-refractivity contribution in [3.63, 3.8) is 0 Å². The van der Waals surface area contributed by atoms with Crippen molar-refractivity contribution in [1.82, 2.24) is 19.9 Å². The summed E-state index contributed by atoms with van der Waals surface area (Å²) < 4.78 is 47.2. The minimum absolute atomic E-state index is 0.0426. The first-order valence-corrected chi connectivity index (χ1v) is 23.3. The van der Waals surface area contributed by atoms with Crippen LogP contribution in [0.5, 0.6) is 11.6 Å². The van der Waals surface area contributed by atoms with Gasteiger partial charge in [-0.1, -0.05) is 50.5 Å². The van der Waals surface area contributed by atoms with Gasteiger partial charge in [0.15, 0.2) is 0 Å². The number of sulfonamides is 1. The van der Waals surface area contributed by atoms with Crippen LogP contribution in [0.3, 0.4) is 0 Å². The molecular formula is C44H58N4O9S. The van der Waals surface area contributed by atoms with Crippen molar-refractivity contribution < 1.29 is 41.8 Å². The summed E-state index contributed by atoms with van der Waals surface area (Å²) in [5.74, 6) is -1.68. The Morgan fingerprint density at radius 2 is 1.74 bits per heavy atom. The van der Waals surface area contributed by atoms with Gasteiger partial charge in [-0.15, -0.1) is 0 Å². The number of ether oxygens (including phenoxy) is 3. The molecule has 6 aliphatic rings. The maximum Gasteiger partial charge on any atom is 0.306 e. The Kier molecular flexibility index (Phi) is 11.8. The second kappa shape index (κ2) is 16.8. The van der Waals surface area contributed by atoms with Gasteiger partial charge in [-0.25, -0.2) is 13.4 Å². The number of pyridine rings is 1. The van der Waals surface area contributed by atoms with Crippen molar-refractivity contribution in [3.05, 3.63) is 42.0 Å². The maximum atomic E-state index is 15.0. The molecule has 3 heterocycles.